The molecule has 1 aromatic rings. The molecule has 5 heteroatoms. The molecule has 0 aliphatic heterocycles. The van der Waals surface area contributed by atoms with Crippen LogP contribution in [0.3, 0.4) is 0 Å². The zero-order valence-electron chi connectivity index (χ0n) is 10.3. The van der Waals surface area contributed by atoms with Gasteiger partial charge in [-0.3, -0.25) is 4.79 Å². The van der Waals surface area contributed by atoms with Gasteiger partial charge in [0, 0.05) is 33.4 Å². The van der Waals surface area contributed by atoms with E-state index in [0.717, 1.165) is 25.2 Å². The Labute approximate surface area is 101 Å². The molecule has 0 saturated carbocycles. The number of aliphatic hydroxyl groups is 1. The Kier molecular flexibility index (Phi) is 5.42. The van der Waals surface area contributed by atoms with Crippen molar-refractivity contribution >= 4 is 11.7 Å². The fourth-order valence-electron chi connectivity index (χ4n) is 1.34. The van der Waals surface area contributed by atoms with E-state index in [1.54, 1.807) is 32.4 Å². The van der Waals surface area contributed by atoms with Gasteiger partial charge in [0.25, 0.3) is 5.91 Å². The second-order valence-corrected chi connectivity index (χ2v) is 3.99. The second-order valence-electron chi connectivity index (χ2n) is 3.99. The highest BCUT2D eigenvalue weighted by atomic mass is 16.2. The summed E-state index contributed by atoms with van der Waals surface area (Å²) in [5, 5.41) is 11.8. The van der Waals surface area contributed by atoms with Gasteiger partial charge in [0.15, 0.2) is 0 Å². The van der Waals surface area contributed by atoms with Crippen LogP contribution >= 0.6 is 0 Å². The third-order valence-corrected chi connectivity index (χ3v) is 2.31. The molecule has 0 fully saturated rings. The quantitative estimate of drug-likeness (QED) is 0.723. The van der Waals surface area contributed by atoms with Crippen LogP contribution in [0.2, 0.25) is 0 Å². The van der Waals surface area contributed by atoms with Crippen LogP contribution in [0, 0.1) is 0 Å². The zero-order valence-corrected chi connectivity index (χ0v) is 10.3. The maximum atomic E-state index is 11.6. The van der Waals surface area contributed by atoms with E-state index in [2.05, 4.69) is 10.3 Å². The third kappa shape index (κ3) is 4.40. The number of pyridine rings is 1. The SMILES string of the molecule is CN(C)C(=O)c1ccc(NCCCCO)nc1. The molecule has 17 heavy (non-hydrogen) atoms. The first-order chi connectivity index (χ1) is 8.15. The number of unbranched alkanes of at least 4 members (excludes halogenated alkanes) is 1. The number of hydrogen-bond donors (Lipinski definition) is 2. The molecular weight excluding hydrogens is 218 g/mol. The van der Waals surface area contributed by atoms with Crippen molar-refractivity contribution in [3.05, 3.63) is 23.9 Å². The van der Waals surface area contributed by atoms with Gasteiger partial charge >= 0.3 is 0 Å². The van der Waals surface area contributed by atoms with Crippen LogP contribution in [-0.2, 0) is 0 Å². The summed E-state index contributed by atoms with van der Waals surface area (Å²) in [4.78, 5) is 17.3. The van der Waals surface area contributed by atoms with Crippen molar-refractivity contribution in [2.24, 2.45) is 0 Å². The third-order valence-electron chi connectivity index (χ3n) is 2.31. The van der Waals surface area contributed by atoms with Gasteiger partial charge in [-0.2, -0.15) is 0 Å². The number of carbonyl (C=O) groups excluding carboxylic acids is 1. The van der Waals surface area contributed by atoms with Crippen molar-refractivity contribution in [3.63, 3.8) is 0 Å². The number of carbonyl (C=O) groups is 1. The smallest absolute Gasteiger partial charge is 0.254 e. The lowest BCUT2D eigenvalue weighted by molar-refractivity contribution is 0.0827. The highest BCUT2D eigenvalue weighted by molar-refractivity contribution is 5.93. The summed E-state index contributed by atoms with van der Waals surface area (Å²) in [5.41, 5.74) is 0.580. The Morgan fingerprint density at radius 2 is 2.18 bits per heavy atom. The number of rotatable bonds is 6. The van der Waals surface area contributed by atoms with E-state index in [0.29, 0.717) is 5.56 Å². The molecule has 1 rings (SSSR count). The van der Waals surface area contributed by atoms with E-state index in [1.807, 2.05) is 0 Å². The van der Waals surface area contributed by atoms with Gasteiger partial charge in [-0.25, -0.2) is 4.98 Å². The van der Waals surface area contributed by atoms with Gasteiger partial charge in [-0.05, 0) is 25.0 Å². The lowest BCUT2D eigenvalue weighted by atomic mass is 10.2. The van der Waals surface area contributed by atoms with Crippen LogP contribution in [0.5, 0.6) is 0 Å². The molecule has 0 radical (unpaired) electrons. The first-order valence-corrected chi connectivity index (χ1v) is 5.67. The predicted octanol–water partition coefficient (Wildman–Crippen LogP) is 0.968. The van der Waals surface area contributed by atoms with Gasteiger partial charge in [0.05, 0.1) is 5.56 Å². The zero-order chi connectivity index (χ0) is 12.7. The number of aliphatic hydroxyl groups excluding tert-OH is 1. The van der Waals surface area contributed by atoms with Crippen molar-refractivity contribution in [2.75, 3.05) is 32.6 Å². The van der Waals surface area contributed by atoms with Crippen LogP contribution in [-0.4, -0.2) is 48.1 Å². The molecule has 0 saturated heterocycles. The molecule has 1 amide bonds. The van der Waals surface area contributed by atoms with Crippen molar-refractivity contribution < 1.29 is 9.90 Å². The molecule has 0 aliphatic carbocycles. The molecule has 1 heterocycles. The first-order valence-electron chi connectivity index (χ1n) is 5.67. The number of anilines is 1. The summed E-state index contributed by atoms with van der Waals surface area (Å²) in [6, 6.07) is 3.54. The molecule has 0 bridgehead atoms. The summed E-state index contributed by atoms with van der Waals surface area (Å²) in [6.07, 6.45) is 3.25. The van der Waals surface area contributed by atoms with Crippen LogP contribution in [0.4, 0.5) is 5.82 Å². The summed E-state index contributed by atoms with van der Waals surface area (Å²) < 4.78 is 0. The van der Waals surface area contributed by atoms with Crippen molar-refractivity contribution in [3.8, 4) is 0 Å². The van der Waals surface area contributed by atoms with E-state index < -0.39 is 0 Å². The predicted molar refractivity (Wildman–Crippen MR) is 67.1 cm³/mol. The van der Waals surface area contributed by atoms with Gasteiger partial charge in [-0.15, -0.1) is 0 Å². The molecule has 0 atom stereocenters. The van der Waals surface area contributed by atoms with E-state index in [-0.39, 0.29) is 12.5 Å². The summed E-state index contributed by atoms with van der Waals surface area (Å²) in [6.45, 7) is 0.986. The molecule has 0 aromatic carbocycles. The number of nitrogens with one attached hydrogen (secondary N) is 1. The van der Waals surface area contributed by atoms with Crippen LogP contribution in [0.1, 0.15) is 23.2 Å². The van der Waals surface area contributed by atoms with Crippen LogP contribution < -0.4 is 5.32 Å². The average molecular weight is 237 g/mol. The number of aromatic nitrogens is 1. The minimum Gasteiger partial charge on any atom is -0.396 e. The Morgan fingerprint density at radius 3 is 2.71 bits per heavy atom. The van der Waals surface area contributed by atoms with Crippen molar-refractivity contribution in [1.29, 1.82) is 0 Å². The monoisotopic (exact) mass is 237 g/mol. The normalized spacial score (nSPS) is 10.1. The van der Waals surface area contributed by atoms with Gasteiger partial charge in [0.1, 0.15) is 5.82 Å². The van der Waals surface area contributed by atoms with Gasteiger partial charge in [-0.1, -0.05) is 0 Å². The number of amides is 1. The lowest BCUT2D eigenvalue weighted by Crippen LogP contribution is -2.21. The topological polar surface area (TPSA) is 65.5 Å². The maximum Gasteiger partial charge on any atom is 0.254 e. The highest BCUT2D eigenvalue weighted by Crippen LogP contribution is 2.06. The van der Waals surface area contributed by atoms with Crippen molar-refractivity contribution in [1.82, 2.24) is 9.88 Å². The molecule has 2 N–H and O–H groups in total. The average Bonchev–Trinajstić information content (AvgIpc) is 2.34. The minimum atomic E-state index is -0.0515. The van der Waals surface area contributed by atoms with E-state index in [4.69, 9.17) is 5.11 Å². The molecular formula is C12H19N3O2. The first kappa shape index (κ1) is 13.4. The second kappa shape index (κ2) is 6.85. The Morgan fingerprint density at radius 1 is 1.41 bits per heavy atom. The summed E-state index contributed by atoms with van der Waals surface area (Å²) in [5.74, 6) is 0.697. The van der Waals surface area contributed by atoms with Gasteiger partial charge in [0.2, 0.25) is 0 Å². The molecule has 0 aliphatic rings. The van der Waals surface area contributed by atoms with Crippen LogP contribution in [0.25, 0.3) is 0 Å². The number of nitrogens with zero attached hydrogens (tertiary/aromatic N) is 2. The van der Waals surface area contributed by atoms with Crippen LogP contribution in [0.15, 0.2) is 18.3 Å². The van der Waals surface area contributed by atoms with E-state index in [1.165, 1.54) is 4.90 Å². The lowest BCUT2D eigenvalue weighted by Gasteiger charge is -2.10. The fraction of sp³-hybridized carbons (Fsp3) is 0.500. The molecule has 0 unspecified atom stereocenters. The minimum absolute atomic E-state index is 0.0515. The van der Waals surface area contributed by atoms with E-state index in [9.17, 15) is 4.79 Å². The summed E-state index contributed by atoms with van der Waals surface area (Å²) in [7, 11) is 3.42. The Bertz CT molecular complexity index is 349. The molecule has 0 spiro atoms. The van der Waals surface area contributed by atoms with E-state index >= 15 is 0 Å². The number of hydrogen-bond acceptors (Lipinski definition) is 4. The molecule has 1 aromatic heterocycles. The standard InChI is InChI=1S/C12H19N3O2/c1-15(2)12(17)10-5-6-11(14-9-10)13-7-3-4-8-16/h5-6,9,16H,3-4,7-8H2,1-2H3,(H,13,14). The highest BCUT2D eigenvalue weighted by Gasteiger charge is 2.07. The largest absolute Gasteiger partial charge is 0.396 e. The summed E-state index contributed by atoms with van der Waals surface area (Å²) >= 11 is 0. The fourth-order valence-corrected chi connectivity index (χ4v) is 1.34. The Hall–Kier alpha value is -1.62. The molecule has 94 valence electrons. The Balaban J connectivity index is 2.47. The maximum absolute atomic E-state index is 11.6. The van der Waals surface area contributed by atoms with Gasteiger partial charge < -0.3 is 15.3 Å². The molecule has 5 nitrogen and oxygen atoms in total. The van der Waals surface area contributed by atoms with Crippen molar-refractivity contribution in [2.45, 2.75) is 12.8 Å².